The van der Waals surface area contributed by atoms with E-state index in [2.05, 4.69) is 5.73 Å². The molecule has 0 aliphatic rings. The molecule has 0 heterocycles. The molecule has 1 atom stereocenters. The maximum absolute atomic E-state index is 11.2. The smallest absolute Gasteiger partial charge is 0.312 e. The maximum atomic E-state index is 11.2. The van der Waals surface area contributed by atoms with Gasteiger partial charge in [-0.3, -0.25) is 4.79 Å². The highest BCUT2D eigenvalue weighted by Crippen LogP contribution is 2.11. The van der Waals surface area contributed by atoms with Crippen LogP contribution in [0.25, 0.3) is 0 Å². The van der Waals surface area contributed by atoms with E-state index in [0.29, 0.717) is 13.0 Å². The normalized spacial score (nSPS) is 10.8. The number of hydrogen-bond acceptors (Lipinski definition) is 4. The lowest BCUT2D eigenvalue weighted by atomic mass is 10.1. The molecule has 5 nitrogen and oxygen atoms in total. The number of carbonyl (C=O) groups is 2. The summed E-state index contributed by atoms with van der Waals surface area (Å²) < 4.78 is 4.86. The van der Waals surface area contributed by atoms with Crippen molar-refractivity contribution in [2.45, 2.75) is 26.3 Å². The third kappa shape index (κ3) is 8.29. The van der Waals surface area contributed by atoms with Crippen molar-refractivity contribution in [3.05, 3.63) is 35.9 Å². The van der Waals surface area contributed by atoms with Crippen molar-refractivity contribution >= 4 is 11.9 Å². The summed E-state index contributed by atoms with van der Waals surface area (Å²) in [4.78, 5) is 20.1. The van der Waals surface area contributed by atoms with Crippen molar-refractivity contribution in [2.75, 3.05) is 6.61 Å². The van der Waals surface area contributed by atoms with E-state index in [1.807, 2.05) is 30.3 Å². The molecule has 3 N–H and O–H groups in total. The molecule has 0 radical (unpaired) electrons. The fourth-order valence-electron chi connectivity index (χ4n) is 1.26. The van der Waals surface area contributed by atoms with Crippen LogP contribution in [0.2, 0.25) is 0 Å². The molecule has 0 aliphatic carbocycles. The first-order valence-electron chi connectivity index (χ1n) is 5.68. The first-order chi connectivity index (χ1) is 8.47. The summed E-state index contributed by atoms with van der Waals surface area (Å²) in [6.45, 7) is 3.21. The van der Waals surface area contributed by atoms with Crippen molar-refractivity contribution < 1.29 is 25.2 Å². The summed E-state index contributed by atoms with van der Waals surface area (Å²) in [6.07, 6.45) is 0.345. The van der Waals surface area contributed by atoms with Crippen LogP contribution in [-0.2, 0) is 14.3 Å². The molecule has 0 saturated carbocycles. The van der Waals surface area contributed by atoms with Crippen LogP contribution >= 0.6 is 0 Å². The molecule has 100 valence electrons. The number of quaternary nitrogens is 1. The Bertz CT molecular complexity index is 361. The second-order valence-corrected chi connectivity index (χ2v) is 3.61. The molecular weight excluding hydrogens is 234 g/mol. The van der Waals surface area contributed by atoms with Gasteiger partial charge in [0.05, 0.1) is 6.61 Å². The van der Waals surface area contributed by atoms with Crippen molar-refractivity contribution in [1.29, 1.82) is 0 Å². The van der Waals surface area contributed by atoms with Crippen molar-refractivity contribution in [3.63, 3.8) is 0 Å². The SMILES string of the molecule is CC(=O)[O-].CCOC(=O)CC([NH3+])c1ccccc1. The zero-order chi connectivity index (χ0) is 14.0. The van der Waals surface area contributed by atoms with E-state index in [1.54, 1.807) is 6.92 Å². The molecule has 18 heavy (non-hydrogen) atoms. The van der Waals surface area contributed by atoms with E-state index in [1.165, 1.54) is 0 Å². The fourth-order valence-corrected chi connectivity index (χ4v) is 1.26. The van der Waals surface area contributed by atoms with Gasteiger partial charge in [-0.2, -0.15) is 0 Å². The van der Waals surface area contributed by atoms with Crippen LogP contribution in [0.15, 0.2) is 30.3 Å². The summed E-state index contributed by atoms with van der Waals surface area (Å²) >= 11 is 0. The number of aliphatic carboxylic acids is 1. The number of hydrogen-bond donors (Lipinski definition) is 1. The molecule has 0 spiro atoms. The largest absolute Gasteiger partial charge is 0.550 e. The van der Waals surface area contributed by atoms with Gasteiger partial charge in [0.15, 0.2) is 0 Å². The van der Waals surface area contributed by atoms with Gasteiger partial charge in [0.2, 0.25) is 0 Å². The summed E-state index contributed by atoms with van der Waals surface area (Å²) in [5.41, 5.74) is 5.00. The lowest BCUT2D eigenvalue weighted by molar-refractivity contribution is -0.425. The minimum atomic E-state index is -1.08. The zero-order valence-electron chi connectivity index (χ0n) is 10.7. The Morgan fingerprint density at radius 1 is 1.33 bits per heavy atom. The first-order valence-corrected chi connectivity index (χ1v) is 5.68. The van der Waals surface area contributed by atoms with Crippen molar-refractivity contribution in [3.8, 4) is 0 Å². The van der Waals surface area contributed by atoms with Crippen LogP contribution in [0.1, 0.15) is 31.9 Å². The lowest BCUT2D eigenvalue weighted by Crippen LogP contribution is -2.54. The number of ether oxygens (including phenoxy) is 1. The van der Waals surface area contributed by atoms with Gasteiger partial charge >= 0.3 is 5.97 Å². The quantitative estimate of drug-likeness (QED) is 0.744. The molecule has 1 rings (SSSR count). The number of carboxylic acid groups (broad SMARTS) is 1. The first kappa shape index (κ1) is 16.1. The molecule has 0 saturated heterocycles. The van der Waals surface area contributed by atoms with Crippen LogP contribution < -0.4 is 10.8 Å². The van der Waals surface area contributed by atoms with Crippen LogP contribution in [-0.4, -0.2) is 18.5 Å². The molecule has 5 heteroatoms. The fraction of sp³-hybridized carbons (Fsp3) is 0.385. The van der Waals surface area contributed by atoms with E-state index < -0.39 is 5.97 Å². The van der Waals surface area contributed by atoms with Gasteiger partial charge in [-0.25, -0.2) is 0 Å². The predicted octanol–water partition coefficient (Wildman–Crippen LogP) is -0.321. The second-order valence-electron chi connectivity index (χ2n) is 3.61. The average molecular weight is 253 g/mol. The van der Waals surface area contributed by atoms with E-state index in [4.69, 9.17) is 14.6 Å². The Morgan fingerprint density at radius 2 is 1.83 bits per heavy atom. The van der Waals surface area contributed by atoms with Gasteiger partial charge < -0.3 is 20.4 Å². The summed E-state index contributed by atoms with van der Waals surface area (Å²) in [6, 6.07) is 9.75. The Balaban J connectivity index is 0.000000631. The van der Waals surface area contributed by atoms with Gasteiger partial charge in [-0.05, 0) is 13.8 Å². The van der Waals surface area contributed by atoms with Crippen molar-refractivity contribution in [2.24, 2.45) is 0 Å². The number of esters is 1. The summed E-state index contributed by atoms with van der Waals surface area (Å²) in [7, 11) is 0. The molecule has 0 fully saturated rings. The van der Waals surface area contributed by atoms with Crippen LogP contribution in [0.4, 0.5) is 0 Å². The van der Waals surface area contributed by atoms with Crippen LogP contribution in [0, 0.1) is 0 Å². The summed E-state index contributed by atoms with van der Waals surface area (Å²) in [5.74, 6) is -1.27. The van der Waals surface area contributed by atoms with Crippen molar-refractivity contribution in [1.82, 2.24) is 0 Å². The Morgan fingerprint density at radius 3 is 2.28 bits per heavy atom. The topological polar surface area (TPSA) is 94.1 Å². The third-order valence-corrected chi connectivity index (χ3v) is 1.99. The third-order valence-electron chi connectivity index (χ3n) is 1.99. The van der Waals surface area contributed by atoms with Crippen LogP contribution in [0.5, 0.6) is 0 Å². The van der Waals surface area contributed by atoms with E-state index in [9.17, 15) is 4.79 Å². The predicted molar refractivity (Wildman–Crippen MR) is 64.0 cm³/mol. The number of carboxylic acids is 1. The number of carbonyl (C=O) groups excluding carboxylic acids is 2. The van der Waals surface area contributed by atoms with E-state index in [0.717, 1.165) is 12.5 Å². The number of benzene rings is 1. The van der Waals surface area contributed by atoms with Gasteiger partial charge in [0.1, 0.15) is 12.5 Å². The van der Waals surface area contributed by atoms with Gasteiger partial charge in [0.25, 0.3) is 0 Å². The molecule has 0 aliphatic heterocycles. The monoisotopic (exact) mass is 253 g/mol. The average Bonchev–Trinajstić information content (AvgIpc) is 2.29. The minimum Gasteiger partial charge on any atom is -0.550 e. The van der Waals surface area contributed by atoms with Crippen LogP contribution in [0.3, 0.4) is 0 Å². The van der Waals surface area contributed by atoms with Gasteiger partial charge in [-0.1, -0.05) is 30.3 Å². The van der Waals surface area contributed by atoms with E-state index >= 15 is 0 Å². The highest BCUT2D eigenvalue weighted by atomic mass is 16.5. The van der Waals surface area contributed by atoms with Gasteiger partial charge in [0, 0.05) is 11.5 Å². The molecule has 0 bridgehead atoms. The molecule has 1 aromatic carbocycles. The Labute approximate surface area is 107 Å². The highest BCUT2D eigenvalue weighted by molar-refractivity contribution is 5.70. The van der Waals surface area contributed by atoms with Gasteiger partial charge in [-0.15, -0.1) is 0 Å². The molecule has 1 aromatic rings. The standard InChI is InChI=1S/C11H15NO2.C2H4O2/c1-2-14-11(13)8-10(12)9-6-4-3-5-7-9;1-2(3)4/h3-7,10H,2,8,12H2,1H3;1H3,(H,3,4). The highest BCUT2D eigenvalue weighted by Gasteiger charge is 2.14. The maximum Gasteiger partial charge on any atom is 0.312 e. The lowest BCUT2D eigenvalue weighted by Gasteiger charge is -2.07. The number of rotatable bonds is 4. The minimum absolute atomic E-state index is 0.0183. The Kier molecular flexibility index (Phi) is 8.22. The Hall–Kier alpha value is -1.88. The van der Waals surface area contributed by atoms with E-state index in [-0.39, 0.29) is 12.0 Å². The summed E-state index contributed by atoms with van der Waals surface area (Å²) in [5, 5.41) is 8.89. The second kappa shape index (κ2) is 9.18. The molecule has 1 unspecified atom stereocenters. The zero-order valence-corrected chi connectivity index (χ0v) is 10.7. The molecule has 0 aromatic heterocycles. The molecular formula is C13H19NO4. The molecule has 0 amide bonds.